The van der Waals surface area contributed by atoms with Crippen LogP contribution in [0, 0.1) is 29.1 Å². The van der Waals surface area contributed by atoms with Gasteiger partial charge in [0, 0.05) is 0 Å². The molecule has 0 heterocycles. The molecule has 3 saturated carbocycles. The summed E-state index contributed by atoms with van der Waals surface area (Å²) in [5.74, 6) is 2.21. The van der Waals surface area contributed by atoms with Crippen molar-refractivity contribution in [3.8, 4) is 0 Å². The number of aliphatic hydroxyl groups excluding tert-OH is 2. The molecule has 0 unspecified atom stereocenters. The number of aliphatic hydroxyl groups is 3. The van der Waals surface area contributed by atoms with Crippen molar-refractivity contribution in [3.63, 3.8) is 0 Å². The molecule has 0 amide bonds. The van der Waals surface area contributed by atoms with E-state index in [9.17, 15) is 15.3 Å². The first-order valence-electron chi connectivity index (χ1n) is 12.5. The van der Waals surface area contributed by atoms with Crippen molar-refractivity contribution in [1.29, 1.82) is 0 Å². The Hall–Kier alpha value is -0.640. The fraction of sp³-hybridized carbons (Fsp3) is 0.852. The highest BCUT2D eigenvalue weighted by Crippen LogP contribution is 2.62. The van der Waals surface area contributed by atoms with Crippen LogP contribution >= 0.6 is 0 Å². The average molecular weight is 419 g/mol. The summed E-state index contributed by atoms with van der Waals surface area (Å²) in [7, 11) is 0. The van der Waals surface area contributed by atoms with Crippen LogP contribution in [-0.2, 0) is 0 Å². The lowest BCUT2D eigenvalue weighted by Crippen LogP contribution is -2.56. The fourth-order valence-electron chi connectivity index (χ4n) is 7.23. The third-order valence-electron chi connectivity index (χ3n) is 8.99. The Morgan fingerprint density at radius 3 is 2.57 bits per heavy atom. The Labute approximate surface area is 184 Å². The zero-order valence-corrected chi connectivity index (χ0v) is 19.9. The lowest BCUT2D eigenvalue weighted by Gasteiger charge is -2.52. The highest BCUT2D eigenvalue weighted by atomic mass is 16.3. The molecule has 7 atom stereocenters. The summed E-state index contributed by atoms with van der Waals surface area (Å²) in [6.45, 7) is 13.5. The first-order valence-corrected chi connectivity index (χ1v) is 12.5. The van der Waals surface area contributed by atoms with Gasteiger partial charge in [-0.3, -0.25) is 0 Å². The second-order valence-corrected chi connectivity index (χ2v) is 11.5. The van der Waals surface area contributed by atoms with Gasteiger partial charge in [0.15, 0.2) is 0 Å². The Kier molecular flexibility index (Phi) is 7.58. The maximum Gasteiger partial charge on any atom is 0.102 e. The van der Waals surface area contributed by atoms with Gasteiger partial charge in [0.05, 0.1) is 11.7 Å². The minimum Gasteiger partial charge on any atom is -0.393 e. The molecule has 0 aromatic heterocycles. The van der Waals surface area contributed by atoms with E-state index in [1.807, 2.05) is 6.08 Å². The van der Waals surface area contributed by atoms with Crippen LogP contribution in [0.2, 0.25) is 0 Å². The summed E-state index contributed by atoms with van der Waals surface area (Å²) < 4.78 is 0. The van der Waals surface area contributed by atoms with Crippen LogP contribution in [0.4, 0.5) is 0 Å². The number of allylic oxidation sites excluding steroid dienone is 1. The molecule has 3 fully saturated rings. The van der Waals surface area contributed by atoms with Crippen LogP contribution in [-0.4, -0.2) is 33.1 Å². The standard InChI is InChI=1S/C27H46O3/c1-18(2)8-6-9-20(4)23-12-13-24-26(23,5)14-7-15-27(24,30)25(29)17-21-16-22(28)11-10-19(21)3/h17-18,20,22-25,28-30H,3,6-16H2,1-2,4-5H3/b21-17-/t20-,22+,23-,24-,25-,26-,27-/m1/s1. The molecule has 3 rings (SSSR count). The summed E-state index contributed by atoms with van der Waals surface area (Å²) in [4.78, 5) is 0. The molecule has 0 radical (unpaired) electrons. The minimum absolute atomic E-state index is 0.104. The van der Waals surface area contributed by atoms with Gasteiger partial charge in [0.1, 0.15) is 6.10 Å². The molecule has 3 heteroatoms. The maximum absolute atomic E-state index is 11.8. The smallest absolute Gasteiger partial charge is 0.102 e. The Morgan fingerprint density at radius 2 is 1.87 bits per heavy atom. The molecule has 172 valence electrons. The number of hydrogen-bond acceptors (Lipinski definition) is 3. The highest BCUT2D eigenvalue weighted by molar-refractivity contribution is 5.33. The summed E-state index contributed by atoms with van der Waals surface area (Å²) in [5.41, 5.74) is 0.991. The van der Waals surface area contributed by atoms with Gasteiger partial charge in [-0.1, -0.05) is 59.1 Å². The van der Waals surface area contributed by atoms with Gasteiger partial charge in [-0.05, 0) is 92.1 Å². The quantitative estimate of drug-likeness (QED) is 0.491. The van der Waals surface area contributed by atoms with Crippen molar-refractivity contribution in [2.24, 2.45) is 29.1 Å². The number of fused-ring (bicyclic) bond motifs is 1. The first kappa shape index (κ1) is 24.0. The molecule has 3 nitrogen and oxygen atoms in total. The number of hydrogen-bond donors (Lipinski definition) is 3. The summed E-state index contributed by atoms with van der Waals surface area (Å²) >= 11 is 0. The molecular formula is C27H46O3. The minimum atomic E-state index is -1.06. The van der Waals surface area contributed by atoms with Crippen molar-refractivity contribution < 1.29 is 15.3 Å². The summed E-state index contributed by atoms with van der Waals surface area (Å²) in [6, 6.07) is 0. The highest BCUT2D eigenvalue weighted by Gasteiger charge is 2.59. The van der Waals surface area contributed by atoms with E-state index in [0.717, 1.165) is 49.2 Å². The molecule has 0 aromatic rings. The lowest BCUT2D eigenvalue weighted by molar-refractivity contribution is -0.157. The van der Waals surface area contributed by atoms with Crippen LogP contribution in [0.25, 0.3) is 0 Å². The summed E-state index contributed by atoms with van der Waals surface area (Å²) in [6.07, 6.45) is 11.5. The third-order valence-corrected chi connectivity index (χ3v) is 8.99. The fourth-order valence-corrected chi connectivity index (χ4v) is 7.23. The summed E-state index contributed by atoms with van der Waals surface area (Å²) in [5, 5.41) is 33.1. The van der Waals surface area contributed by atoms with E-state index >= 15 is 0 Å². The van der Waals surface area contributed by atoms with Gasteiger partial charge in [-0.25, -0.2) is 0 Å². The van der Waals surface area contributed by atoms with Gasteiger partial charge in [0.25, 0.3) is 0 Å². The van der Waals surface area contributed by atoms with Crippen LogP contribution in [0.1, 0.15) is 98.3 Å². The van der Waals surface area contributed by atoms with Crippen molar-refractivity contribution in [1.82, 2.24) is 0 Å². The van der Waals surface area contributed by atoms with E-state index in [1.165, 1.54) is 25.7 Å². The molecule has 0 bridgehead atoms. The Bertz CT molecular complexity index is 638. The number of rotatable bonds is 7. The molecule has 3 aliphatic carbocycles. The molecular weight excluding hydrogens is 372 g/mol. The Balaban J connectivity index is 1.75. The van der Waals surface area contributed by atoms with Crippen molar-refractivity contribution in [2.75, 3.05) is 0 Å². The third kappa shape index (κ3) is 4.74. The molecule has 30 heavy (non-hydrogen) atoms. The van der Waals surface area contributed by atoms with Gasteiger partial charge in [-0.15, -0.1) is 0 Å². The van der Waals surface area contributed by atoms with Gasteiger partial charge in [0.2, 0.25) is 0 Å². The monoisotopic (exact) mass is 418 g/mol. The van der Waals surface area contributed by atoms with Crippen LogP contribution < -0.4 is 0 Å². The Morgan fingerprint density at radius 1 is 1.13 bits per heavy atom. The second kappa shape index (κ2) is 9.46. The predicted molar refractivity (Wildman–Crippen MR) is 124 cm³/mol. The second-order valence-electron chi connectivity index (χ2n) is 11.5. The zero-order valence-electron chi connectivity index (χ0n) is 19.9. The van der Waals surface area contributed by atoms with E-state index in [2.05, 4.69) is 34.3 Å². The van der Waals surface area contributed by atoms with Crippen LogP contribution in [0.15, 0.2) is 23.8 Å². The van der Waals surface area contributed by atoms with Crippen LogP contribution in [0.3, 0.4) is 0 Å². The predicted octanol–water partition coefficient (Wildman–Crippen LogP) is 5.78. The largest absolute Gasteiger partial charge is 0.393 e. The maximum atomic E-state index is 11.8. The zero-order chi connectivity index (χ0) is 22.1. The lowest BCUT2D eigenvalue weighted by atomic mass is 9.56. The van der Waals surface area contributed by atoms with E-state index in [0.29, 0.717) is 24.7 Å². The average Bonchev–Trinajstić information content (AvgIpc) is 3.03. The molecule has 0 aromatic carbocycles. The normalized spacial score (nSPS) is 40.6. The van der Waals surface area contributed by atoms with Gasteiger partial charge < -0.3 is 15.3 Å². The molecule has 3 aliphatic rings. The first-order chi connectivity index (χ1) is 14.1. The molecule has 0 saturated heterocycles. The van der Waals surface area contributed by atoms with E-state index < -0.39 is 11.7 Å². The SMILES string of the molecule is C=C1CC[C@H](O)C/C1=C/[C@@H](O)[C@@]1(O)CCC[C@]2(C)[C@@H]([C@H](C)CCCC(C)C)CC[C@H]21. The van der Waals surface area contributed by atoms with Crippen molar-refractivity contribution >= 4 is 0 Å². The van der Waals surface area contributed by atoms with E-state index in [4.69, 9.17) is 0 Å². The van der Waals surface area contributed by atoms with E-state index in [-0.39, 0.29) is 17.4 Å². The van der Waals surface area contributed by atoms with Crippen molar-refractivity contribution in [2.45, 2.75) is 116 Å². The van der Waals surface area contributed by atoms with Crippen LogP contribution in [0.5, 0.6) is 0 Å². The van der Waals surface area contributed by atoms with E-state index in [1.54, 1.807) is 0 Å². The topological polar surface area (TPSA) is 60.7 Å². The molecule has 0 spiro atoms. The molecule has 0 aliphatic heterocycles. The van der Waals surface area contributed by atoms with Crippen molar-refractivity contribution in [3.05, 3.63) is 23.8 Å². The van der Waals surface area contributed by atoms with Gasteiger partial charge in [-0.2, -0.15) is 0 Å². The van der Waals surface area contributed by atoms with Gasteiger partial charge >= 0.3 is 0 Å². The molecule has 3 N–H and O–H groups in total.